The van der Waals surface area contributed by atoms with Gasteiger partial charge in [-0.15, -0.1) is 0 Å². The second-order valence-electron chi connectivity index (χ2n) is 5.10. The summed E-state index contributed by atoms with van der Waals surface area (Å²) in [6.07, 6.45) is 5.21. The number of methoxy groups -OCH3 is 1. The molecule has 3 heteroatoms. The van der Waals surface area contributed by atoms with Crippen molar-refractivity contribution in [3.8, 4) is 0 Å². The lowest BCUT2D eigenvalue weighted by molar-refractivity contribution is 0.0600. The van der Waals surface area contributed by atoms with Gasteiger partial charge in [0.1, 0.15) is 0 Å². The Labute approximate surface area is 131 Å². The van der Waals surface area contributed by atoms with Crippen molar-refractivity contribution < 1.29 is 9.53 Å². The molecule has 0 aliphatic carbocycles. The van der Waals surface area contributed by atoms with Crippen LogP contribution in [0.2, 0.25) is 0 Å². The number of rotatable bonds is 6. The summed E-state index contributed by atoms with van der Waals surface area (Å²) in [7, 11) is 1.38. The van der Waals surface area contributed by atoms with Crippen LogP contribution in [-0.2, 0) is 11.2 Å². The van der Waals surface area contributed by atoms with Crippen LogP contribution in [0.25, 0.3) is 0 Å². The van der Waals surface area contributed by atoms with Crippen LogP contribution in [0.5, 0.6) is 0 Å². The molecule has 0 amide bonds. The van der Waals surface area contributed by atoms with Gasteiger partial charge in [-0.1, -0.05) is 43.7 Å². The fourth-order valence-corrected chi connectivity index (χ4v) is 2.18. The number of para-hydroxylation sites is 1. The summed E-state index contributed by atoms with van der Waals surface area (Å²) in [5.41, 5.74) is 3.78. The van der Waals surface area contributed by atoms with Crippen LogP contribution in [0.3, 0.4) is 0 Å². The molecular formula is C19H21NO2. The molecule has 0 radical (unpaired) electrons. The van der Waals surface area contributed by atoms with Crippen LogP contribution in [-0.4, -0.2) is 19.3 Å². The summed E-state index contributed by atoms with van der Waals surface area (Å²) in [6.45, 7) is 2.19. The van der Waals surface area contributed by atoms with Crippen LogP contribution in [0.15, 0.2) is 53.5 Å². The molecular weight excluding hydrogens is 274 g/mol. The Morgan fingerprint density at radius 3 is 2.55 bits per heavy atom. The number of hydrogen-bond acceptors (Lipinski definition) is 3. The molecule has 0 aliphatic heterocycles. The topological polar surface area (TPSA) is 38.7 Å². The standard InChI is InChI=1S/C19H21NO2/c1-3-4-7-16-8-5-6-9-18(16)20-14-15-10-12-17(13-11-15)19(21)22-2/h5-6,8-14H,3-4,7H2,1-2H3. The molecule has 3 nitrogen and oxygen atoms in total. The number of aryl methyl sites for hydroxylation is 1. The Bertz CT molecular complexity index is 645. The normalized spacial score (nSPS) is 10.8. The van der Waals surface area contributed by atoms with Gasteiger partial charge in [-0.25, -0.2) is 4.79 Å². The molecule has 0 saturated heterocycles. The molecule has 114 valence electrons. The lowest BCUT2D eigenvalue weighted by Crippen LogP contribution is -2.00. The Morgan fingerprint density at radius 2 is 1.86 bits per heavy atom. The Morgan fingerprint density at radius 1 is 1.14 bits per heavy atom. The van der Waals surface area contributed by atoms with Crippen LogP contribution < -0.4 is 0 Å². The predicted octanol–water partition coefficient (Wildman–Crippen LogP) is 4.57. The summed E-state index contributed by atoms with van der Waals surface area (Å²) in [4.78, 5) is 16.0. The van der Waals surface area contributed by atoms with E-state index in [4.69, 9.17) is 0 Å². The first-order chi connectivity index (χ1) is 10.7. The van der Waals surface area contributed by atoms with Gasteiger partial charge in [-0.3, -0.25) is 4.99 Å². The second kappa shape index (κ2) is 8.13. The third-order valence-corrected chi connectivity index (χ3v) is 3.48. The second-order valence-corrected chi connectivity index (χ2v) is 5.10. The van der Waals surface area contributed by atoms with E-state index in [1.165, 1.54) is 25.5 Å². The number of nitrogens with zero attached hydrogens (tertiary/aromatic N) is 1. The first-order valence-electron chi connectivity index (χ1n) is 7.55. The van der Waals surface area contributed by atoms with Gasteiger partial charge in [-0.2, -0.15) is 0 Å². The van der Waals surface area contributed by atoms with Gasteiger partial charge in [0.2, 0.25) is 0 Å². The van der Waals surface area contributed by atoms with E-state index in [1.807, 2.05) is 30.5 Å². The third kappa shape index (κ3) is 4.29. The molecule has 22 heavy (non-hydrogen) atoms. The van der Waals surface area contributed by atoms with E-state index in [9.17, 15) is 4.79 Å². The quantitative estimate of drug-likeness (QED) is 0.578. The van der Waals surface area contributed by atoms with E-state index in [2.05, 4.69) is 28.8 Å². The highest BCUT2D eigenvalue weighted by molar-refractivity contribution is 5.91. The van der Waals surface area contributed by atoms with Gasteiger partial charge in [0.25, 0.3) is 0 Å². The van der Waals surface area contributed by atoms with Gasteiger partial charge >= 0.3 is 5.97 Å². The molecule has 0 unspecified atom stereocenters. The van der Waals surface area contributed by atoms with Crippen molar-refractivity contribution in [1.82, 2.24) is 0 Å². The summed E-state index contributed by atoms with van der Waals surface area (Å²) in [5, 5.41) is 0. The first-order valence-corrected chi connectivity index (χ1v) is 7.55. The van der Waals surface area contributed by atoms with Crippen molar-refractivity contribution in [2.75, 3.05) is 7.11 Å². The van der Waals surface area contributed by atoms with Crippen molar-refractivity contribution >= 4 is 17.9 Å². The molecule has 2 aromatic carbocycles. The van der Waals surface area contributed by atoms with Crippen molar-refractivity contribution in [1.29, 1.82) is 0 Å². The monoisotopic (exact) mass is 295 g/mol. The minimum absolute atomic E-state index is 0.326. The predicted molar refractivity (Wildman–Crippen MR) is 90.1 cm³/mol. The average molecular weight is 295 g/mol. The summed E-state index contributed by atoms with van der Waals surface area (Å²) in [6, 6.07) is 15.4. The van der Waals surface area contributed by atoms with Gasteiger partial charge < -0.3 is 4.74 Å². The third-order valence-electron chi connectivity index (χ3n) is 3.48. The average Bonchev–Trinajstić information content (AvgIpc) is 2.58. The summed E-state index contributed by atoms with van der Waals surface area (Å²) < 4.78 is 4.69. The lowest BCUT2D eigenvalue weighted by atomic mass is 10.1. The number of benzene rings is 2. The highest BCUT2D eigenvalue weighted by Crippen LogP contribution is 2.20. The van der Waals surface area contributed by atoms with E-state index in [0.29, 0.717) is 5.56 Å². The number of ether oxygens (including phenoxy) is 1. The van der Waals surface area contributed by atoms with E-state index in [1.54, 1.807) is 12.1 Å². The zero-order valence-electron chi connectivity index (χ0n) is 13.1. The van der Waals surface area contributed by atoms with E-state index in [-0.39, 0.29) is 5.97 Å². The van der Waals surface area contributed by atoms with Crippen LogP contribution in [0.4, 0.5) is 5.69 Å². The van der Waals surface area contributed by atoms with Gasteiger partial charge in [0, 0.05) is 6.21 Å². The smallest absolute Gasteiger partial charge is 0.337 e. The van der Waals surface area contributed by atoms with Crippen molar-refractivity contribution in [2.24, 2.45) is 4.99 Å². The minimum atomic E-state index is -0.326. The van der Waals surface area contributed by atoms with Crippen molar-refractivity contribution in [3.05, 3.63) is 65.2 Å². The largest absolute Gasteiger partial charge is 0.465 e. The molecule has 0 heterocycles. The fraction of sp³-hybridized carbons (Fsp3) is 0.263. The molecule has 0 fully saturated rings. The molecule has 0 saturated carbocycles. The van der Waals surface area contributed by atoms with Crippen LogP contribution >= 0.6 is 0 Å². The number of hydrogen-bond donors (Lipinski definition) is 0. The van der Waals surface area contributed by atoms with Gasteiger partial charge in [0.05, 0.1) is 18.4 Å². The van der Waals surface area contributed by atoms with Crippen molar-refractivity contribution in [3.63, 3.8) is 0 Å². The first kappa shape index (κ1) is 16.0. The zero-order valence-corrected chi connectivity index (χ0v) is 13.1. The van der Waals surface area contributed by atoms with E-state index < -0.39 is 0 Å². The van der Waals surface area contributed by atoms with Crippen molar-refractivity contribution in [2.45, 2.75) is 26.2 Å². The minimum Gasteiger partial charge on any atom is -0.465 e. The highest BCUT2D eigenvalue weighted by Gasteiger charge is 2.03. The maximum Gasteiger partial charge on any atom is 0.337 e. The fourth-order valence-electron chi connectivity index (χ4n) is 2.18. The molecule has 2 aromatic rings. The summed E-state index contributed by atoms with van der Waals surface area (Å²) >= 11 is 0. The van der Waals surface area contributed by atoms with Gasteiger partial charge in [0.15, 0.2) is 0 Å². The highest BCUT2D eigenvalue weighted by atomic mass is 16.5. The number of esters is 1. The maximum absolute atomic E-state index is 11.4. The van der Waals surface area contributed by atoms with Crippen LogP contribution in [0, 0.1) is 0 Å². The zero-order chi connectivity index (χ0) is 15.8. The molecule has 0 atom stereocenters. The number of unbranched alkanes of at least 4 members (excludes halogenated alkanes) is 1. The molecule has 0 aromatic heterocycles. The Balaban J connectivity index is 2.13. The SMILES string of the molecule is CCCCc1ccccc1N=Cc1ccc(C(=O)OC)cc1. The molecule has 0 aliphatic rings. The number of carbonyl (C=O) groups excluding carboxylic acids is 1. The molecule has 2 rings (SSSR count). The number of carbonyl (C=O) groups is 1. The lowest BCUT2D eigenvalue weighted by Gasteiger charge is -2.04. The van der Waals surface area contributed by atoms with E-state index in [0.717, 1.165) is 17.7 Å². The maximum atomic E-state index is 11.4. The molecule has 0 N–H and O–H groups in total. The van der Waals surface area contributed by atoms with Gasteiger partial charge in [-0.05, 0) is 42.2 Å². The van der Waals surface area contributed by atoms with E-state index >= 15 is 0 Å². The summed E-state index contributed by atoms with van der Waals surface area (Å²) in [5.74, 6) is -0.326. The molecule has 0 bridgehead atoms. The molecule has 0 spiro atoms. The van der Waals surface area contributed by atoms with Crippen LogP contribution in [0.1, 0.15) is 41.3 Å². The number of aliphatic imine (C=N–C) groups is 1. The Hall–Kier alpha value is -2.42. The Kier molecular flexibility index (Phi) is 5.90.